The molecule has 3 aromatic carbocycles. The fraction of sp³-hybridized carbons (Fsp3) is 0.111. The van der Waals surface area contributed by atoms with E-state index in [0.717, 1.165) is 17.1 Å². The van der Waals surface area contributed by atoms with Crippen molar-refractivity contribution in [1.82, 2.24) is 9.55 Å². The molecule has 0 spiro atoms. The van der Waals surface area contributed by atoms with Gasteiger partial charge in [0.15, 0.2) is 11.0 Å². The number of aryl methyl sites for hydroxylation is 2. The normalized spacial score (nSPS) is 11.2. The van der Waals surface area contributed by atoms with Gasteiger partial charge in [-0.1, -0.05) is 60.7 Å². The summed E-state index contributed by atoms with van der Waals surface area (Å²) < 4.78 is 4.65. The Morgan fingerprint density at radius 2 is 1.43 bits per heavy atom. The predicted molar refractivity (Wildman–Crippen MR) is 123 cm³/mol. The first-order chi connectivity index (χ1) is 14.7. The zero-order chi connectivity index (χ0) is 20.7. The van der Waals surface area contributed by atoms with Crippen molar-refractivity contribution in [3.8, 4) is 28.2 Å². The minimum atomic E-state index is 1.13. The first-order valence-corrected chi connectivity index (χ1v) is 10.2. The van der Waals surface area contributed by atoms with Crippen LogP contribution in [0, 0.1) is 13.8 Å². The fourth-order valence-electron chi connectivity index (χ4n) is 4.25. The van der Waals surface area contributed by atoms with Gasteiger partial charge in [-0.2, -0.15) is 4.57 Å². The van der Waals surface area contributed by atoms with E-state index in [4.69, 9.17) is 0 Å². The SMILES string of the molecule is Cc1cncc(-c2n(-c3ccccc3-c3ccccc3)c3ccccc3[n+]2C)c1C. The van der Waals surface area contributed by atoms with Crippen LogP contribution in [-0.4, -0.2) is 9.55 Å². The molecule has 30 heavy (non-hydrogen) atoms. The molecule has 0 aliphatic rings. The lowest BCUT2D eigenvalue weighted by atomic mass is 10.0. The summed E-state index contributed by atoms with van der Waals surface area (Å²) in [4.78, 5) is 4.52. The van der Waals surface area contributed by atoms with E-state index in [1.165, 1.54) is 33.3 Å². The number of pyridine rings is 1. The molecule has 0 N–H and O–H groups in total. The van der Waals surface area contributed by atoms with Crippen molar-refractivity contribution < 1.29 is 4.57 Å². The van der Waals surface area contributed by atoms with Gasteiger partial charge < -0.3 is 0 Å². The summed E-state index contributed by atoms with van der Waals surface area (Å²) in [6.45, 7) is 4.30. The number of benzene rings is 3. The number of imidazole rings is 1. The van der Waals surface area contributed by atoms with Crippen molar-refractivity contribution in [2.75, 3.05) is 0 Å². The van der Waals surface area contributed by atoms with Crippen LogP contribution in [0.4, 0.5) is 0 Å². The van der Waals surface area contributed by atoms with Crippen LogP contribution in [0.1, 0.15) is 11.1 Å². The highest BCUT2D eigenvalue weighted by Crippen LogP contribution is 2.34. The first-order valence-electron chi connectivity index (χ1n) is 10.2. The van der Waals surface area contributed by atoms with E-state index >= 15 is 0 Å². The molecule has 0 aliphatic heterocycles. The van der Waals surface area contributed by atoms with Crippen molar-refractivity contribution >= 4 is 11.0 Å². The molecule has 5 aromatic rings. The van der Waals surface area contributed by atoms with E-state index in [9.17, 15) is 0 Å². The summed E-state index contributed by atoms with van der Waals surface area (Å²) in [5, 5.41) is 0. The number of rotatable bonds is 3. The summed E-state index contributed by atoms with van der Waals surface area (Å²) in [6.07, 6.45) is 3.92. The van der Waals surface area contributed by atoms with Crippen LogP contribution in [0.5, 0.6) is 0 Å². The first kappa shape index (κ1) is 18.3. The molecule has 2 aromatic heterocycles. The largest absolute Gasteiger partial charge is 0.296 e. The molecule has 5 rings (SSSR count). The van der Waals surface area contributed by atoms with Gasteiger partial charge in [0.05, 0.1) is 12.6 Å². The average Bonchev–Trinajstić information content (AvgIpc) is 3.09. The predicted octanol–water partition coefficient (Wildman–Crippen LogP) is 5.80. The molecule has 146 valence electrons. The third-order valence-electron chi connectivity index (χ3n) is 5.95. The summed E-state index contributed by atoms with van der Waals surface area (Å²) in [5.41, 5.74) is 9.54. The zero-order valence-electron chi connectivity index (χ0n) is 17.5. The van der Waals surface area contributed by atoms with Gasteiger partial charge >= 0.3 is 0 Å². The zero-order valence-corrected chi connectivity index (χ0v) is 17.5. The van der Waals surface area contributed by atoms with Gasteiger partial charge in [0.1, 0.15) is 5.69 Å². The van der Waals surface area contributed by atoms with Crippen molar-refractivity contribution in [1.29, 1.82) is 0 Å². The van der Waals surface area contributed by atoms with Crippen LogP contribution in [-0.2, 0) is 7.05 Å². The molecule has 0 radical (unpaired) electrons. The highest BCUT2D eigenvalue weighted by molar-refractivity contribution is 5.83. The topological polar surface area (TPSA) is 21.7 Å². The van der Waals surface area contributed by atoms with E-state index in [1.54, 1.807) is 0 Å². The quantitative estimate of drug-likeness (QED) is 0.357. The molecular formula is C27H24N3+. The smallest absolute Gasteiger partial charge is 0.263 e. The molecule has 0 fully saturated rings. The number of nitrogens with zero attached hydrogens (tertiary/aromatic N) is 3. The van der Waals surface area contributed by atoms with Crippen LogP contribution < -0.4 is 4.57 Å². The highest BCUT2D eigenvalue weighted by atomic mass is 15.2. The molecule has 3 nitrogen and oxygen atoms in total. The standard InChI is InChI=1S/C27H24N3/c1-19-17-28-18-23(20(19)2)27-29(3)25-15-9-10-16-26(25)30(27)24-14-8-7-13-22(24)21-11-5-4-6-12-21/h4-18H,1-3H3/q+1. The van der Waals surface area contributed by atoms with Gasteiger partial charge in [-0.05, 0) is 48.7 Å². The molecule has 0 atom stereocenters. The second-order valence-electron chi connectivity index (χ2n) is 7.72. The molecule has 0 aliphatic carbocycles. The molecule has 3 heteroatoms. The van der Waals surface area contributed by atoms with Gasteiger partial charge in [-0.25, -0.2) is 4.57 Å². The Morgan fingerprint density at radius 1 is 0.733 bits per heavy atom. The summed E-state index contributed by atoms with van der Waals surface area (Å²) in [5.74, 6) is 1.13. The summed E-state index contributed by atoms with van der Waals surface area (Å²) in [7, 11) is 2.14. The highest BCUT2D eigenvalue weighted by Gasteiger charge is 2.28. The van der Waals surface area contributed by atoms with Gasteiger partial charge in [-0.3, -0.25) is 4.98 Å². The molecule has 0 bridgehead atoms. The average molecular weight is 391 g/mol. The lowest BCUT2D eigenvalue weighted by molar-refractivity contribution is -0.633. The van der Waals surface area contributed by atoms with Crippen molar-refractivity contribution in [2.45, 2.75) is 13.8 Å². The maximum atomic E-state index is 4.52. The third-order valence-corrected chi connectivity index (χ3v) is 5.95. The van der Waals surface area contributed by atoms with Crippen molar-refractivity contribution in [2.24, 2.45) is 7.05 Å². The van der Waals surface area contributed by atoms with Gasteiger partial charge in [-0.15, -0.1) is 0 Å². The number of fused-ring (bicyclic) bond motifs is 1. The molecule has 0 saturated heterocycles. The van der Waals surface area contributed by atoms with E-state index in [1.807, 2.05) is 12.4 Å². The van der Waals surface area contributed by atoms with E-state index in [0.29, 0.717) is 0 Å². The Balaban J connectivity index is 1.91. The van der Waals surface area contributed by atoms with Gasteiger partial charge in [0.2, 0.25) is 0 Å². The second-order valence-corrected chi connectivity index (χ2v) is 7.72. The monoisotopic (exact) mass is 390 g/mol. The Morgan fingerprint density at radius 3 is 2.27 bits per heavy atom. The Labute approximate surface area is 176 Å². The van der Waals surface area contributed by atoms with Crippen molar-refractivity contribution in [3.63, 3.8) is 0 Å². The summed E-state index contributed by atoms with van der Waals surface area (Å²) in [6, 6.07) is 27.8. The lowest BCUT2D eigenvalue weighted by Crippen LogP contribution is -2.30. The number of aromatic nitrogens is 3. The Kier molecular flexibility index (Phi) is 4.44. The van der Waals surface area contributed by atoms with Crippen molar-refractivity contribution in [3.05, 3.63) is 102 Å². The van der Waals surface area contributed by atoms with E-state index in [-0.39, 0.29) is 0 Å². The van der Waals surface area contributed by atoms with Gasteiger partial charge in [0.25, 0.3) is 5.82 Å². The van der Waals surface area contributed by atoms with E-state index < -0.39 is 0 Å². The van der Waals surface area contributed by atoms with Crippen LogP contribution >= 0.6 is 0 Å². The second kappa shape index (κ2) is 7.27. The number of para-hydroxylation sites is 3. The third kappa shape index (κ3) is 2.82. The molecule has 2 heterocycles. The molecule has 0 unspecified atom stereocenters. The minimum Gasteiger partial charge on any atom is -0.263 e. The maximum absolute atomic E-state index is 4.52. The van der Waals surface area contributed by atoms with Gasteiger partial charge in [0, 0.05) is 18.0 Å². The Bertz CT molecular complexity index is 1360. The van der Waals surface area contributed by atoms with Crippen LogP contribution in [0.25, 0.3) is 39.2 Å². The lowest BCUT2D eigenvalue weighted by Gasteiger charge is -2.11. The van der Waals surface area contributed by atoms with Crippen LogP contribution in [0.15, 0.2) is 91.3 Å². The molecular weight excluding hydrogens is 366 g/mol. The fourth-order valence-corrected chi connectivity index (χ4v) is 4.25. The summed E-state index contributed by atoms with van der Waals surface area (Å²) >= 11 is 0. The number of hydrogen-bond donors (Lipinski definition) is 0. The molecule has 0 saturated carbocycles. The van der Waals surface area contributed by atoms with E-state index in [2.05, 4.69) is 114 Å². The maximum Gasteiger partial charge on any atom is 0.296 e. The minimum absolute atomic E-state index is 1.13. The molecule has 0 amide bonds. The van der Waals surface area contributed by atoms with Crippen LogP contribution in [0.2, 0.25) is 0 Å². The Hall–Kier alpha value is -3.72. The van der Waals surface area contributed by atoms with Crippen LogP contribution in [0.3, 0.4) is 0 Å². The number of hydrogen-bond acceptors (Lipinski definition) is 1.